The molecule has 6 nitrogen and oxygen atoms in total. The molecule has 5 rings (SSSR count). The number of hydrogen-bond donors (Lipinski definition) is 0. The number of piperidine rings is 1. The average Bonchev–Trinajstić information content (AvgIpc) is 3.19. The van der Waals surface area contributed by atoms with Gasteiger partial charge in [-0.15, -0.1) is 0 Å². The quantitative estimate of drug-likeness (QED) is 0.509. The zero-order valence-electron chi connectivity index (χ0n) is 19.9. The van der Waals surface area contributed by atoms with E-state index in [-0.39, 0.29) is 30.4 Å². The molecule has 0 spiro atoms. The Kier molecular flexibility index (Phi) is 6.63. The molecule has 0 bridgehead atoms. The van der Waals surface area contributed by atoms with E-state index in [1.54, 1.807) is 0 Å². The molecule has 2 aliphatic heterocycles. The zero-order chi connectivity index (χ0) is 23.7. The molecule has 3 heterocycles. The van der Waals surface area contributed by atoms with Crippen LogP contribution in [-0.2, 0) is 29.1 Å². The van der Waals surface area contributed by atoms with Crippen molar-refractivity contribution in [2.24, 2.45) is 0 Å². The first-order valence-corrected chi connectivity index (χ1v) is 13.2. The fourth-order valence-corrected chi connectivity index (χ4v) is 6.29. The van der Waals surface area contributed by atoms with Gasteiger partial charge in [-0.3, -0.25) is 9.59 Å². The van der Waals surface area contributed by atoms with Crippen LogP contribution in [0.25, 0.3) is 11.0 Å². The first-order valence-electron chi connectivity index (χ1n) is 12.2. The number of thioether (sulfide) groups is 1. The maximum Gasteiger partial charge on any atom is 0.243 e. The number of nitrogens with zero attached hydrogens (tertiary/aromatic N) is 4. The first-order chi connectivity index (χ1) is 16.5. The number of amides is 2. The summed E-state index contributed by atoms with van der Waals surface area (Å²) >= 11 is 1.44. The maximum atomic E-state index is 13.4. The predicted molar refractivity (Wildman–Crippen MR) is 136 cm³/mol. The molecule has 7 heteroatoms. The summed E-state index contributed by atoms with van der Waals surface area (Å²) in [4.78, 5) is 35.2. The summed E-state index contributed by atoms with van der Waals surface area (Å²) in [6.07, 6.45) is 4.17. The summed E-state index contributed by atoms with van der Waals surface area (Å²) in [5, 5.41) is 0.734. The molecule has 2 aliphatic rings. The Labute approximate surface area is 205 Å². The third-order valence-corrected chi connectivity index (χ3v) is 8.16. The maximum absolute atomic E-state index is 13.4. The van der Waals surface area contributed by atoms with Gasteiger partial charge in [-0.2, -0.15) is 0 Å². The lowest BCUT2D eigenvalue weighted by molar-refractivity contribution is -0.138. The predicted octanol–water partition coefficient (Wildman–Crippen LogP) is 4.50. The van der Waals surface area contributed by atoms with Crippen molar-refractivity contribution in [3.8, 4) is 0 Å². The molecule has 0 aliphatic carbocycles. The van der Waals surface area contributed by atoms with Gasteiger partial charge in [0.05, 0.1) is 16.8 Å². The lowest BCUT2D eigenvalue weighted by Gasteiger charge is -2.39. The molecule has 2 amide bonds. The summed E-state index contributed by atoms with van der Waals surface area (Å²) < 4.78 is 2.00. The molecule has 0 saturated carbocycles. The van der Waals surface area contributed by atoms with Crippen LogP contribution in [0, 0.1) is 0 Å². The summed E-state index contributed by atoms with van der Waals surface area (Å²) in [7, 11) is 0. The topological polar surface area (TPSA) is 58.4 Å². The van der Waals surface area contributed by atoms with E-state index in [2.05, 4.69) is 32.0 Å². The van der Waals surface area contributed by atoms with Crippen LogP contribution in [0.2, 0.25) is 0 Å². The van der Waals surface area contributed by atoms with E-state index in [0.29, 0.717) is 12.3 Å². The van der Waals surface area contributed by atoms with E-state index in [9.17, 15) is 9.59 Å². The van der Waals surface area contributed by atoms with Crippen LogP contribution in [0.3, 0.4) is 0 Å². The van der Waals surface area contributed by atoms with Crippen LogP contribution in [0.4, 0.5) is 0 Å². The highest BCUT2D eigenvalue weighted by molar-refractivity contribution is 7.99. The van der Waals surface area contributed by atoms with Gasteiger partial charge in [0.1, 0.15) is 6.54 Å². The van der Waals surface area contributed by atoms with Crippen molar-refractivity contribution < 1.29 is 9.59 Å². The number of fused-ring (bicyclic) bond motifs is 2. The van der Waals surface area contributed by atoms with Crippen molar-refractivity contribution in [3.05, 3.63) is 59.7 Å². The first kappa shape index (κ1) is 23.0. The van der Waals surface area contributed by atoms with Gasteiger partial charge in [-0.1, -0.05) is 48.2 Å². The molecule has 1 fully saturated rings. The largest absolute Gasteiger partial charge is 0.337 e. The van der Waals surface area contributed by atoms with Crippen LogP contribution in [-0.4, -0.2) is 55.5 Å². The minimum Gasteiger partial charge on any atom is -0.337 e. The Morgan fingerprint density at radius 1 is 0.971 bits per heavy atom. The summed E-state index contributed by atoms with van der Waals surface area (Å²) in [5.41, 5.74) is 4.36. The SMILES string of the molecule is C[C@@H]1CCC[C@@H](C)N1C(=O)Cn1c(SCC(=O)N2CCc3ccccc3C2)nc2ccccc21. The van der Waals surface area contributed by atoms with Crippen LogP contribution >= 0.6 is 11.8 Å². The van der Waals surface area contributed by atoms with Gasteiger partial charge in [0.25, 0.3) is 0 Å². The zero-order valence-corrected chi connectivity index (χ0v) is 20.8. The second-order valence-electron chi connectivity index (χ2n) is 9.52. The van der Waals surface area contributed by atoms with Crippen LogP contribution in [0.15, 0.2) is 53.7 Å². The highest BCUT2D eigenvalue weighted by Gasteiger charge is 2.30. The molecule has 1 saturated heterocycles. The molecule has 0 unspecified atom stereocenters. The minimum atomic E-state index is 0.114. The Hall–Kier alpha value is -2.80. The monoisotopic (exact) mass is 476 g/mol. The lowest BCUT2D eigenvalue weighted by atomic mass is 9.97. The fourth-order valence-electron chi connectivity index (χ4n) is 5.37. The number of carbonyl (C=O) groups is 2. The van der Waals surface area contributed by atoms with Crippen LogP contribution in [0.5, 0.6) is 0 Å². The van der Waals surface area contributed by atoms with Gasteiger partial charge >= 0.3 is 0 Å². The summed E-state index contributed by atoms with van der Waals surface area (Å²) in [5.74, 6) is 0.558. The molecule has 1 aromatic heterocycles. The lowest BCUT2D eigenvalue weighted by Crippen LogP contribution is -2.48. The van der Waals surface area contributed by atoms with E-state index >= 15 is 0 Å². The molecule has 2 aromatic carbocycles. The molecule has 0 N–H and O–H groups in total. The number of para-hydroxylation sites is 2. The van der Waals surface area contributed by atoms with Gasteiger partial charge in [0.2, 0.25) is 11.8 Å². The number of rotatable bonds is 5. The van der Waals surface area contributed by atoms with Crippen molar-refractivity contribution in [1.29, 1.82) is 0 Å². The van der Waals surface area contributed by atoms with Crippen LogP contribution < -0.4 is 0 Å². The molecular formula is C27H32N4O2S. The third-order valence-electron chi connectivity index (χ3n) is 7.20. The van der Waals surface area contributed by atoms with Gasteiger partial charge in [-0.05, 0) is 62.8 Å². The third kappa shape index (κ3) is 4.58. The molecule has 3 aromatic rings. The van der Waals surface area contributed by atoms with Crippen molar-refractivity contribution in [1.82, 2.24) is 19.4 Å². The second kappa shape index (κ2) is 9.82. The standard InChI is InChI=1S/C27H32N4O2S/c1-19-8-7-9-20(2)31(19)25(32)17-30-24-13-6-5-12-23(24)28-27(30)34-18-26(33)29-15-14-21-10-3-4-11-22(21)16-29/h3-6,10-13,19-20H,7-9,14-18H2,1-2H3/t19-,20-/m1/s1. The van der Waals surface area contributed by atoms with E-state index in [1.165, 1.54) is 29.3 Å². The van der Waals surface area contributed by atoms with Gasteiger partial charge in [0, 0.05) is 25.2 Å². The molecule has 0 radical (unpaired) electrons. The molecule has 2 atom stereocenters. The number of imidazole rings is 1. The van der Waals surface area contributed by atoms with Gasteiger partial charge in [-0.25, -0.2) is 4.98 Å². The van der Waals surface area contributed by atoms with Crippen molar-refractivity contribution in [3.63, 3.8) is 0 Å². The van der Waals surface area contributed by atoms with Crippen LogP contribution in [0.1, 0.15) is 44.2 Å². The van der Waals surface area contributed by atoms with Gasteiger partial charge in [0.15, 0.2) is 5.16 Å². The summed E-state index contributed by atoms with van der Waals surface area (Å²) in [6, 6.07) is 16.8. The normalized spacial score (nSPS) is 20.4. The van der Waals surface area contributed by atoms with Gasteiger partial charge < -0.3 is 14.4 Å². The number of aromatic nitrogens is 2. The Morgan fingerprint density at radius 2 is 1.68 bits per heavy atom. The summed E-state index contributed by atoms with van der Waals surface area (Å²) in [6.45, 7) is 5.95. The van der Waals surface area contributed by atoms with E-state index < -0.39 is 0 Å². The fraction of sp³-hybridized carbons (Fsp3) is 0.444. The molecule has 178 valence electrons. The van der Waals surface area contributed by atoms with Crippen molar-refractivity contribution >= 4 is 34.6 Å². The number of likely N-dealkylation sites (tertiary alicyclic amines) is 1. The highest BCUT2D eigenvalue weighted by atomic mass is 32.2. The Bertz CT molecular complexity index is 1200. The highest BCUT2D eigenvalue weighted by Crippen LogP contribution is 2.28. The molecule has 34 heavy (non-hydrogen) atoms. The second-order valence-corrected chi connectivity index (χ2v) is 10.5. The van der Waals surface area contributed by atoms with E-state index in [0.717, 1.165) is 42.0 Å². The average molecular weight is 477 g/mol. The van der Waals surface area contributed by atoms with E-state index in [1.807, 2.05) is 44.7 Å². The Balaban J connectivity index is 1.32. The van der Waals surface area contributed by atoms with Crippen molar-refractivity contribution in [2.45, 2.75) is 69.9 Å². The smallest absolute Gasteiger partial charge is 0.243 e. The number of carbonyl (C=O) groups excluding carboxylic acids is 2. The van der Waals surface area contributed by atoms with E-state index in [4.69, 9.17) is 4.98 Å². The number of hydrogen-bond acceptors (Lipinski definition) is 4. The Morgan fingerprint density at radius 3 is 2.47 bits per heavy atom. The van der Waals surface area contributed by atoms with Crippen molar-refractivity contribution in [2.75, 3.05) is 12.3 Å². The molecular weight excluding hydrogens is 444 g/mol. The number of benzene rings is 2. The minimum absolute atomic E-state index is 0.114.